The van der Waals surface area contributed by atoms with Crippen molar-refractivity contribution in [1.82, 2.24) is 10.2 Å². The van der Waals surface area contributed by atoms with Crippen LogP contribution in [0.3, 0.4) is 0 Å². The fourth-order valence-corrected chi connectivity index (χ4v) is 3.54. The molecule has 2 N–H and O–H groups in total. The fraction of sp³-hybridized carbons (Fsp3) is 0.350. The Morgan fingerprint density at radius 2 is 1.78 bits per heavy atom. The van der Waals surface area contributed by atoms with Gasteiger partial charge in [0.2, 0.25) is 5.78 Å². The molecule has 0 bridgehead atoms. The molecule has 0 unspecified atom stereocenters. The molecule has 0 spiro atoms. The molecule has 4 rings (SSSR count). The number of carbonyl (C=O) groups excluding carboxylic acids is 3. The van der Waals surface area contributed by atoms with Crippen molar-refractivity contribution >= 4 is 17.5 Å². The topological polar surface area (TPSA) is 99.8 Å². The highest BCUT2D eigenvalue weighted by Crippen LogP contribution is 2.29. The number of nitrogens with zero attached hydrogens (tertiary/aromatic N) is 1. The highest BCUT2D eigenvalue weighted by Gasteiger charge is 2.34. The molecule has 0 saturated carbocycles. The van der Waals surface area contributed by atoms with E-state index in [-0.39, 0.29) is 34.8 Å². The van der Waals surface area contributed by atoms with Crippen LogP contribution in [0.4, 0.5) is 0 Å². The summed E-state index contributed by atoms with van der Waals surface area (Å²) in [6, 6.07) is 7.91. The maximum atomic E-state index is 12.6. The number of aliphatic hydroxyl groups is 1. The molecule has 2 aromatic rings. The van der Waals surface area contributed by atoms with E-state index in [9.17, 15) is 19.5 Å². The molecule has 1 aliphatic heterocycles. The maximum Gasteiger partial charge on any atom is 0.287 e. The predicted octanol–water partition coefficient (Wildman–Crippen LogP) is 1.24. The van der Waals surface area contributed by atoms with Crippen LogP contribution >= 0.6 is 0 Å². The van der Waals surface area contributed by atoms with Crippen molar-refractivity contribution in [3.63, 3.8) is 0 Å². The third-order valence-corrected chi connectivity index (χ3v) is 5.09. The van der Waals surface area contributed by atoms with Crippen molar-refractivity contribution in [1.29, 1.82) is 0 Å². The average molecular weight is 368 g/mol. The smallest absolute Gasteiger partial charge is 0.287 e. The summed E-state index contributed by atoms with van der Waals surface area (Å²) in [7, 11) is 0. The lowest BCUT2D eigenvalue weighted by molar-refractivity contribution is 0.0797. The van der Waals surface area contributed by atoms with Gasteiger partial charge in [-0.25, -0.2) is 0 Å². The Hall–Kier alpha value is -2.77. The Labute approximate surface area is 156 Å². The van der Waals surface area contributed by atoms with Crippen LogP contribution in [-0.2, 0) is 0 Å². The van der Waals surface area contributed by atoms with Gasteiger partial charge in [-0.3, -0.25) is 14.4 Å². The molecule has 1 aromatic carbocycles. The number of carbonyl (C=O) groups is 3. The van der Waals surface area contributed by atoms with Crippen LogP contribution in [0.5, 0.6) is 0 Å². The molecule has 2 heterocycles. The van der Waals surface area contributed by atoms with E-state index in [2.05, 4.69) is 10.2 Å². The van der Waals surface area contributed by atoms with Crippen molar-refractivity contribution in [2.45, 2.75) is 18.9 Å². The molecule has 0 radical (unpaired) electrons. The molecule has 1 aromatic heterocycles. The van der Waals surface area contributed by atoms with E-state index in [0.717, 1.165) is 25.9 Å². The number of furan rings is 1. The molecular weight excluding hydrogens is 348 g/mol. The second kappa shape index (κ2) is 7.09. The van der Waals surface area contributed by atoms with Crippen LogP contribution in [0.2, 0.25) is 0 Å². The number of hydrogen-bond donors (Lipinski definition) is 2. The summed E-state index contributed by atoms with van der Waals surface area (Å²) in [6.45, 7) is 2.69. The Morgan fingerprint density at radius 3 is 2.48 bits per heavy atom. The van der Waals surface area contributed by atoms with Crippen LogP contribution in [0, 0.1) is 0 Å². The number of rotatable bonds is 4. The van der Waals surface area contributed by atoms with Gasteiger partial charge >= 0.3 is 0 Å². The van der Waals surface area contributed by atoms with Gasteiger partial charge < -0.3 is 19.7 Å². The zero-order chi connectivity index (χ0) is 19.0. The van der Waals surface area contributed by atoms with E-state index in [4.69, 9.17) is 4.42 Å². The normalized spacial score (nSPS) is 17.5. The molecule has 7 heteroatoms. The average Bonchev–Trinajstić information content (AvgIpc) is 3.14. The molecular formula is C20H20N2O5. The van der Waals surface area contributed by atoms with Gasteiger partial charge in [0.1, 0.15) is 0 Å². The highest BCUT2D eigenvalue weighted by atomic mass is 16.4. The van der Waals surface area contributed by atoms with Crippen molar-refractivity contribution in [2.75, 3.05) is 26.2 Å². The van der Waals surface area contributed by atoms with Gasteiger partial charge in [-0.05, 0) is 12.8 Å². The number of aliphatic hydroxyl groups excluding tert-OH is 1. The molecule has 7 nitrogen and oxygen atoms in total. The minimum Gasteiger partial charge on any atom is -0.447 e. The first kappa shape index (κ1) is 17.6. The van der Waals surface area contributed by atoms with Gasteiger partial charge in [0.15, 0.2) is 17.3 Å². The standard InChI is InChI=1S/C20H20N2O5/c23-12-5-8-22(9-6-12)10-7-21-20(26)16-11-15-17(24)13-3-1-2-4-14(13)18(25)19(15)27-16/h1-4,11-12,23H,5-10H2,(H,21,26). The number of nitrogens with one attached hydrogen (secondary N) is 1. The Kier molecular flexibility index (Phi) is 4.63. The Balaban J connectivity index is 1.43. The minimum atomic E-state index is -0.453. The lowest BCUT2D eigenvalue weighted by atomic mass is 9.89. The zero-order valence-corrected chi connectivity index (χ0v) is 14.7. The van der Waals surface area contributed by atoms with E-state index in [1.165, 1.54) is 6.07 Å². The van der Waals surface area contributed by atoms with Gasteiger partial charge in [-0.2, -0.15) is 0 Å². The first-order valence-corrected chi connectivity index (χ1v) is 9.05. The number of benzene rings is 1. The summed E-state index contributed by atoms with van der Waals surface area (Å²) in [4.78, 5) is 39.6. The highest BCUT2D eigenvalue weighted by molar-refractivity contribution is 6.27. The zero-order valence-electron chi connectivity index (χ0n) is 14.7. The summed E-state index contributed by atoms with van der Waals surface area (Å²) < 4.78 is 5.43. The van der Waals surface area contributed by atoms with Gasteiger partial charge in [0.05, 0.1) is 11.7 Å². The summed E-state index contributed by atoms with van der Waals surface area (Å²) in [6.07, 6.45) is 1.25. The van der Waals surface area contributed by atoms with E-state index < -0.39 is 5.91 Å². The van der Waals surface area contributed by atoms with Gasteiger partial charge in [-0.1, -0.05) is 24.3 Å². The summed E-state index contributed by atoms with van der Waals surface area (Å²) in [5, 5.41) is 12.3. The van der Waals surface area contributed by atoms with E-state index in [0.29, 0.717) is 24.2 Å². The fourth-order valence-electron chi connectivity index (χ4n) is 3.54. The second-order valence-corrected chi connectivity index (χ2v) is 6.89. The van der Waals surface area contributed by atoms with Crippen molar-refractivity contribution < 1.29 is 23.9 Å². The maximum absolute atomic E-state index is 12.6. The third kappa shape index (κ3) is 3.31. The first-order valence-electron chi connectivity index (χ1n) is 9.05. The molecule has 1 saturated heterocycles. The quantitative estimate of drug-likeness (QED) is 0.719. The molecule has 1 amide bonds. The Bertz CT molecular complexity index is 856. The number of amides is 1. The summed E-state index contributed by atoms with van der Waals surface area (Å²) >= 11 is 0. The van der Waals surface area contributed by atoms with Crippen molar-refractivity contribution in [3.8, 4) is 0 Å². The molecule has 2 aliphatic rings. The Morgan fingerprint density at radius 1 is 1.11 bits per heavy atom. The SMILES string of the molecule is O=C(NCCN1CCC(O)CC1)c1cc2c(o1)C(=O)c1ccccc1C2=O. The number of likely N-dealkylation sites (tertiary alicyclic amines) is 1. The summed E-state index contributed by atoms with van der Waals surface area (Å²) in [5.74, 6) is -1.26. The number of ketones is 2. The monoisotopic (exact) mass is 368 g/mol. The summed E-state index contributed by atoms with van der Waals surface area (Å²) in [5.41, 5.74) is 0.757. The first-order chi connectivity index (χ1) is 13.0. The number of piperidine rings is 1. The third-order valence-electron chi connectivity index (χ3n) is 5.09. The predicted molar refractivity (Wildman–Crippen MR) is 96.0 cm³/mol. The van der Waals surface area contributed by atoms with E-state index in [1.807, 2.05) is 0 Å². The van der Waals surface area contributed by atoms with Crippen molar-refractivity contribution in [2.24, 2.45) is 0 Å². The van der Waals surface area contributed by atoms with Crippen LogP contribution in [0.15, 0.2) is 34.7 Å². The minimum absolute atomic E-state index is 0.0384. The molecule has 140 valence electrons. The van der Waals surface area contributed by atoms with E-state index >= 15 is 0 Å². The lowest BCUT2D eigenvalue weighted by Gasteiger charge is -2.29. The van der Waals surface area contributed by atoms with Crippen LogP contribution in [-0.4, -0.2) is 59.8 Å². The second-order valence-electron chi connectivity index (χ2n) is 6.89. The molecule has 27 heavy (non-hydrogen) atoms. The molecule has 1 fully saturated rings. The lowest BCUT2D eigenvalue weighted by Crippen LogP contribution is -2.40. The van der Waals surface area contributed by atoms with Crippen LogP contribution in [0.25, 0.3) is 0 Å². The molecule has 1 aliphatic carbocycles. The largest absolute Gasteiger partial charge is 0.447 e. The van der Waals surface area contributed by atoms with Crippen LogP contribution < -0.4 is 5.32 Å². The molecule has 0 atom stereocenters. The van der Waals surface area contributed by atoms with Crippen LogP contribution in [0.1, 0.15) is 55.4 Å². The van der Waals surface area contributed by atoms with Gasteiger partial charge in [0, 0.05) is 43.4 Å². The number of fused-ring (bicyclic) bond motifs is 2. The van der Waals surface area contributed by atoms with Gasteiger partial charge in [-0.15, -0.1) is 0 Å². The van der Waals surface area contributed by atoms with E-state index in [1.54, 1.807) is 24.3 Å². The number of hydrogen-bond acceptors (Lipinski definition) is 6. The van der Waals surface area contributed by atoms with Gasteiger partial charge in [0.25, 0.3) is 5.91 Å². The van der Waals surface area contributed by atoms with Crippen molar-refractivity contribution in [3.05, 3.63) is 58.5 Å².